The largest absolute Gasteiger partial charge is 0.351 e. The maximum Gasteiger partial charge on any atom is 0.243 e. The minimum Gasteiger partial charge on any atom is -0.351 e. The molecule has 1 N–H and O–H groups in total. The van der Waals surface area contributed by atoms with Gasteiger partial charge in [-0.1, -0.05) is 17.7 Å². The molecule has 0 aliphatic carbocycles. The van der Waals surface area contributed by atoms with E-state index in [1.54, 1.807) is 29.2 Å². The molecule has 3 aliphatic rings. The lowest BCUT2D eigenvalue weighted by Gasteiger charge is -2.34. The number of benzene rings is 1. The van der Waals surface area contributed by atoms with Crippen molar-refractivity contribution in [2.45, 2.75) is 56.0 Å². The molecule has 1 aromatic rings. The second kappa shape index (κ2) is 9.34. The van der Waals surface area contributed by atoms with E-state index in [4.69, 9.17) is 0 Å². The molecule has 2 amide bonds. The third kappa shape index (κ3) is 5.25. The lowest BCUT2D eigenvalue weighted by Crippen LogP contribution is -2.51. The van der Waals surface area contributed by atoms with Crippen molar-refractivity contribution < 1.29 is 26.4 Å². The van der Waals surface area contributed by atoms with Crippen molar-refractivity contribution in [1.82, 2.24) is 14.5 Å². The van der Waals surface area contributed by atoms with E-state index in [2.05, 4.69) is 5.32 Å². The Bertz CT molecular complexity index is 1110. The first-order valence-electron chi connectivity index (χ1n) is 11.4. The number of hydrogen-bond acceptors (Lipinski definition) is 6. The monoisotopic (exact) mass is 497 g/mol. The molecular weight excluding hydrogens is 466 g/mol. The highest BCUT2D eigenvalue weighted by Crippen LogP contribution is 2.28. The van der Waals surface area contributed by atoms with Crippen molar-refractivity contribution in [2.24, 2.45) is 5.92 Å². The lowest BCUT2D eigenvalue weighted by molar-refractivity contribution is -0.142. The number of amides is 2. The summed E-state index contributed by atoms with van der Waals surface area (Å²) >= 11 is 0. The molecule has 3 heterocycles. The minimum atomic E-state index is -3.60. The second-order valence-electron chi connectivity index (χ2n) is 9.29. The van der Waals surface area contributed by atoms with Gasteiger partial charge >= 0.3 is 0 Å². The Morgan fingerprint density at radius 1 is 1.00 bits per heavy atom. The molecule has 182 valence electrons. The molecule has 0 spiro atoms. The molecule has 3 saturated heterocycles. The summed E-state index contributed by atoms with van der Waals surface area (Å²) in [6.45, 7) is 2.91. The molecule has 2 atom stereocenters. The summed E-state index contributed by atoms with van der Waals surface area (Å²) in [5.41, 5.74) is 0.983. The zero-order valence-corrected chi connectivity index (χ0v) is 20.4. The summed E-state index contributed by atoms with van der Waals surface area (Å²) < 4.78 is 50.6. The zero-order valence-electron chi connectivity index (χ0n) is 18.8. The third-order valence-corrected chi connectivity index (χ3v) is 10.6. The molecule has 33 heavy (non-hydrogen) atoms. The van der Waals surface area contributed by atoms with Crippen LogP contribution in [0.3, 0.4) is 0 Å². The van der Waals surface area contributed by atoms with Crippen LogP contribution in [0.4, 0.5) is 0 Å². The van der Waals surface area contributed by atoms with Gasteiger partial charge < -0.3 is 10.2 Å². The van der Waals surface area contributed by atoms with E-state index in [1.165, 1.54) is 4.31 Å². The van der Waals surface area contributed by atoms with E-state index in [9.17, 15) is 26.4 Å². The number of carbonyl (C=O) groups is 2. The quantitative estimate of drug-likeness (QED) is 0.639. The average molecular weight is 498 g/mol. The Kier molecular flexibility index (Phi) is 6.84. The van der Waals surface area contributed by atoms with Gasteiger partial charge in [0.1, 0.15) is 6.04 Å². The number of nitrogens with zero attached hydrogens (tertiary/aromatic N) is 2. The number of rotatable bonds is 5. The first-order valence-corrected chi connectivity index (χ1v) is 14.7. The van der Waals surface area contributed by atoms with E-state index in [-0.39, 0.29) is 47.2 Å². The molecule has 11 heteroatoms. The number of aryl methyl sites for hydroxylation is 1. The molecule has 0 saturated carbocycles. The molecule has 0 radical (unpaired) electrons. The molecule has 0 unspecified atom stereocenters. The Hall–Kier alpha value is -1.98. The Morgan fingerprint density at radius 3 is 2.27 bits per heavy atom. The maximum absolute atomic E-state index is 13.2. The van der Waals surface area contributed by atoms with E-state index in [0.717, 1.165) is 5.56 Å². The molecule has 3 fully saturated rings. The van der Waals surface area contributed by atoms with Gasteiger partial charge in [0, 0.05) is 31.6 Å². The molecule has 4 rings (SSSR count). The third-order valence-electron chi connectivity index (χ3n) is 6.88. The van der Waals surface area contributed by atoms with E-state index < -0.39 is 31.9 Å². The van der Waals surface area contributed by atoms with Crippen LogP contribution in [0.25, 0.3) is 0 Å². The van der Waals surface area contributed by atoms with E-state index >= 15 is 0 Å². The highest BCUT2D eigenvalue weighted by Gasteiger charge is 2.40. The molecule has 9 nitrogen and oxygen atoms in total. The minimum absolute atomic E-state index is 0.0483. The number of hydrogen-bond donors (Lipinski definition) is 1. The van der Waals surface area contributed by atoms with Crippen LogP contribution < -0.4 is 5.32 Å². The molecular formula is C22H31N3O6S2. The van der Waals surface area contributed by atoms with Gasteiger partial charge in [-0.3, -0.25) is 9.59 Å². The first-order chi connectivity index (χ1) is 15.6. The van der Waals surface area contributed by atoms with Gasteiger partial charge in [0.25, 0.3) is 0 Å². The van der Waals surface area contributed by atoms with E-state index in [0.29, 0.717) is 38.6 Å². The summed E-state index contributed by atoms with van der Waals surface area (Å²) in [7, 11) is -6.70. The summed E-state index contributed by atoms with van der Waals surface area (Å²) in [5, 5.41) is 2.81. The van der Waals surface area contributed by atoms with Crippen LogP contribution in [0.1, 0.15) is 37.7 Å². The van der Waals surface area contributed by atoms with Crippen molar-refractivity contribution in [2.75, 3.05) is 31.1 Å². The number of likely N-dealkylation sites (tertiary alicyclic amines) is 1. The van der Waals surface area contributed by atoms with Crippen LogP contribution in [0.15, 0.2) is 29.2 Å². The summed E-state index contributed by atoms with van der Waals surface area (Å²) in [4.78, 5) is 27.8. The standard InChI is InChI=1S/C22H31N3O6S2/c1-16-4-6-19(7-5-16)33(30,31)24-12-8-17(9-13-24)22(27)25-11-2-3-20(25)21(26)23-18-10-14-32(28,29)15-18/h4-7,17-18,20H,2-3,8-15H2,1H3,(H,23,26)/t18-,20-/m1/s1. The highest BCUT2D eigenvalue weighted by molar-refractivity contribution is 7.91. The Labute approximate surface area is 195 Å². The Morgan fingerprint density at radius 2 is 1.67 bits per heavy atom. The fourth-order valence-corrected chi connectivity index (χ4v) is 8.09. The maximum atomic E-state index is 13.2. The summed E-state index contributed by atoms with van der Waals surface area (Å²) in [6, 6.07) is 5.76. The smallest absolute Gasteiger partial charge is 0.243 e. The molecule has 1 aromatic carbocycles. The Balaban J connectivity index is 1.35. The summed E-state index contributed by atoms with van der Waals surface area (Å²) in [6.07, 6.45) is 2.50. The number of sulfonamides is 1. The van der Waals surface area contributed by atoms with Crippen LogP contribution >= 0.6 is 0 Å². The highest BCUT2D eigenvalue weighted by atomic mass is 32.2. The van der Waals surface area contributed by atoms with Gasteiger partial charge in [-0.15, -0.1) is 0 Å². The summed E-state index contributed by atoms with van der Waals surface area (Å²) in [5.74, 6) is -0.695. The van der Waals surface area contributed by atoms with Gasteiger partial charge in [-0.05, 0) is 51.2 Å². The predicted molar refractivity (Wildman–Crippen MR) is 123 cm³/mol. The van der Waals surface area contributed by atoms with Crippen molar-refractivity contribution in [3.05, 3.63) is 29.8 Å². The first kappa shape index (κ1) is 24.2. The van der Waals surface area contributed by atoms with Gasteiger partial charge in [-0.25, -0.2) is 16.8 Å². The fourth-order valence-electron chi connectivity index (χ4n) is 4.95. The van der Waals surface area contributed by atoms with Crippen molar-refractivity contribution in [3.63, 3.8) is 0 Å². The SMILES string of the molecule is Cc1ccc(S(=O)(=O)N2CCC(C(=O)N3CCC[C@@H]3C(=O)N[C@@H]3CCS(=O)(=O)C3)CC2)cc1. The van der Waals surface area contributed by atoms with Crippen molar-refractivity contribution in [3.8, 4) is 0 Å². The molecule has 0 aromatic heterocycles. The van der Waals surface area contributed by atoms with Crippen LogP contribution in [0.5, 0.6) is 0 Å². The van der Waals surface area contributed by atoms with Crippen molar-refractivity contribution >= 4 is 31.7 Å². The van der Waals surface area contributed by atoms with Gasteiger partial charge in [-0.2, -0.15) is 4.31 Å². The van der Waals surface area contributed by atoms with Crippen molar-refractivity contribution in [1.29, 1.82) is 0 Å². The number of nitrogens with one attached hydrogen (secondary N) is 1. The van der Waals surface area contributed by atoms with Gasteiger partial charge in [0.2, 0.25) is 21.8 Å². The van der Waals surface area contributed by atoms with Crippen LogP contribution in [0.2, 0.25) is 0 Å². The zero-order chi connectivity index (χ0) is 23.8. The van der Waals surface area contributed by atoms with Gasteiger partial charge in [0.05, 0.1) is 16.4 Å². The average Bonchev–Trinajstić information content (AvgIpc) is 3.40. The van der Waals surface area contributed by atoms with Crippen LogP contribution in [0, 0.1) is 12.8 Å². The second-order valence-corrected chi connectivity index (χ2v) is 13.5. The van der Waals surface area contributed by atoms with Gasteiger partial charge in [0.15, 0.2) is 9.84 Å². The van der Waals surface area contributed by atoms with E-state index in [1.807, 2.05) is 6.92 Å². The van der Waals surface area contributed by atoms with Crippen LogP contribution in [-0.4, -0.2) is 81.1 Å². The normalized spacial score (nSPS) is 26.4. The fraction of sp³-hybridized carbons (Fsp3) is 0.636. The number of carbonyl (C=O) groups excluding carboxylic acids is 2. The predicted octanol–water partition coefficient (Wildman–Crippen LogP) is 0.690. The number of piperidine rings is 1. The lowest BCUT2D eigenvalue weighted by atomic mass is 9.96. The molecule has 0 bridgehead atoms. The topological polar surface area (TPSA) is 121 Å². The molecule has 3 aliphatic heterocycles. The number of sulfone groups is 1. The van der Waals surface area contributed by atoms with Crippen LogP contribution in [-0.2, 0) is 29.4 Å².